The fraction of sp³-hybridized carbons (Fsp3) is 0.174. The van der Waals surface area contributed by atoms with Crippen LogP contribution in [0.5, 0.6) is 0 Å². The number of carbonyl (C=O) groups is 1. The minimum Gasteiger partial charge on any atom is -0.431 e. The summed E-state index contributed by atoms with van der Waals surface area (Å²) < 4.78 is 33.5. The lowest BCUT2D eigenvalue weighted by atomic mass is 9.93. The third-order valence-corrected chi connectivity index (χ3v) is 7.44. The monoisotopic (exact) mass is 490 g/mol. The van der Waals surface area contributed by atoms with E-state index in [4.69, 9.17) is 27.9 Å². The smallest absolute Gasteiger partial charge is 0.340 e. The molecule has 0 bridgehead atoms. The Hall–Kier alpha value is -2.42. The van der Waals surface area contributed by atoms with Gasteiger partial charge in [-0.25, -0.2) is 17.9 Å². The minimum absolute atomic E-state index is 0.0685. The SMILES string of the molecule is Cc1ccc(S(=O)(=O)NCCNC2(c3ccc(Cl)c(Cl)c3)OC(=O)c3ccccc32)cc1. The molecule has 0 aliphatic carbocycles. The fourth-order valence-corrected chi connectivity index (χ4v) is 4.93. The number of carbonyl (C=O) groups excluding carboxylic acids is 1. The molecule has 32 heavy (non-hydrogen) atoms. The van der Waals surface area contributed by atoms with Gasteiger partial charge in [-0.1, -0.05) is 65.2 Å². The number of sulfonamides is 1. The van der Waals surface area contributed by atoms with Gasteiger partial charge in [0.15, 0.2) is 0 Å². The molecular weight excluding hydrogens is 471 g/mol. The molecule has 3 aromatic carbocycles. The summed E-state index contributed by atoms with van der Waals surface area (Å²) in [5.41, 5.74) is 1.26. The molecule has 1 unspecified atom stereocenters. The minimum atomic E-state index is -3.68. The molecule has 0 fully saturated rings. The van der Waals surface area contributed by atoms with Gasteiger partial charge in [0.05, 0.1) is 20.5 Å². The maximum Gasteiger partial charge on any atom is 0.340 e. The summed E-state index contributed by atoms with van der Waals surface area (Å²) >= 11 is 12.3. The second kappa shape index (κ2) is 8.84. The van der Waals surface area contributed by atoms with Gasteiger partial charge in [-0.05, 0) is 37.3 Å². The van der Waals surface area contributed by atoms with E-state index in [-0.39, 0.29) is 18.0 Å². The molecule has 1 aliphatic heterocycles. The molecule has 9 heteroatoms. The number of cyclic esters (lactones) is 1. The lowest BCUT2D eigenvalue weighted by Gasteiger charge is -2.31. The molecule has 1 atom stereocenters. The zero-order chi connectivity index (χ0) is 22.9. The van der Waals surface area contributed by atoms with Crippen LogP contribution in [0.4, 0.5) is 0 Å². The maximum absolute atomic E-state index is 12.6. The van der Waals surface area contributed by atoms with E-state index in [2.05, 4.69) is 10.0 Å². The molecular formula is C23H20Cl2N2O4S. The van der Waals surface area contributed by atoms with Crippen LogP contribution >= 0.6 is 23.2 Å². The number of rotatable bonds is 7. The van der Waals surface area contributed by atoms with E-state index < -0.39 is 21.7 Å². The summed E-state index contributed by atoms with van der Waals surface area (Å²) in [7, 11) is -3.68. The number of hydrogen-bond acceptors (Lipinski definition) is 5. The van der Waals surface area contributed by atoms with E-state index >= 15 is 0 Å². The molecule has 0 radical (unpaired) electrons. The molecule has 2 N–H and O–H groups in total. The van der Waals surface area contributed by atoms with Crippen molar-refractivity contribution in [2.45, 2.75) is 17.5 Å². The molecule has 0 amide bonds. The zero-order valence-corrected chi connectivity index (χ0v) is 19.4. The normalized spacial score (nSPS) is 17.8. The molecule has 166 valence electrons. The van der Waals surface area contributed by atoms with Gasteiger partial charge in [-0.3, -0.25) is 5.32 Å². The van der Waals surface area contributed by atoms with Crippen molar-refractivity contribution in [2.75, 3.05) is 13.1 Å². The van der Waals surface area contributed by atoms with Crippen molar-refractivity contribution < 1.29 is 17.9 Å². The van der Waals surface area contributed by atoms with Crippen LogP contribution in [0.15, 0.2) is 71.6 Å². The molecule has 3 aromatic rings. The first-order chi connectivity index (χ1) is 15.2. The van der Waals surface area contributed by atoms with Gasteiger partial charge in [0.1, 0.15) is 0 Å². The lowest BCUT2D eigenvalue weighted by Crippen LogP contribution is -2.47. The Bertz CT molecular complexity index is 1280. The first kappa shape index (κ1) is 22.8. The molecule has 0 saturated carbocycles. The topological polar surface area (TPSA) is 84.5 Å². The second-order valence-electron chi connectivity index (χ2n) is 7.38. The van der Waals surface area contributed by atoms with E-state index in [0.717, 1.165) is 5.56 Å². The molecule has 1 heterocycles. The summed E-state index contributed by atoms with van der Waals surface area (Å²) in [6.07, 6.45) is 0. The number of benzene rings is 3. The summed E-state index contributed by atoms with van der Waals surface area (Å²) in [6.45, 7) is 2.13. The van der Waals surface area contributed by atoms with Gasteiger partial charge >= 0.3 is 5.97 Å². The van der Waals surface area contributed by atoms with Crippen molar-refractivity contribution in [3.05, 3.63) is 99.0 Å². The van der Waals surface area contributed by atoms with Crippen molar-refractivity contribution >= 4 is 39.2 Å². The van der Waals surface area contributed by atoms with E-state index in [1.54, 1.807) is 66.7 Å². The maximum atomic E-state index is 12.6. The van der Waals surface area contributed by atoms with Crippen LogP contribution in [0.3, 0.4) is 0 Å². The van der Waals surface area contributed by atoms with Gasteiger partial charge in [0.25, 0.3) is 0 Å². The third kappa shape index (κ3) is 4.27. The number of esters is 1. The number of halogens is 2. The van der Waals surface area contributed by atoms with E-state index in [0.29, 0.717) is 26.7 Å². The highest BCUT2D eigenvalue weighted by molar-refractivity contribution is 7.89. The predicted octanol–water partition coefficient (Wildman–Crippen LogP) is 4.24. The van der Waals surface area contributed by atoms with Crippen molar-refractivity contribution in [1.29, 1.82) is 0 Å². The van der Waals surface area contributed by atoms with E-state index in [1.807, 2.05) is 6.92 Å². The summed E-state index contributed by atoms with van der Waals surface area (Å²) in [5, 5.41) is 3.89. The van der Waals surface area contributed by atoms with Crippen LogP contribution in [0.1, 0.15) is 27.0 Å². The fourth-order valence-electron chi connectivity index (χ4n) is 3.60. The van der Waals surface area contributed by atoms with Gasteiger partial charge in [-0.15, -0.1) is 0 Å². The van der Waals surface area contributed by atoms with Gasteiger partial charge in [-0.2, -0.15) is 0 Å². The molecule has 6 nitrogen and oxygen atoms in total. The number of aryl methyl sites for hydroxylation is 1. The van der Waals surface area contributed by atoms with Crippen molar-refractivity contribution in [1.82, 2.24) is 10.0 Å². The Labute approximate surface area is 196 Å². The van der Waals surface area contributed by atoms with Gasteiger partial charge in [0, 0.05) is 24.2 Å². The average Bonchev–Trinajstić information content (AvgIpc) is 3.06. The Morgan fingerprint density at radius 2 is 1.66 bits per heavy atom. The average molecular weight is 491 g/mol. The quantitative estimate of drug-likeness (QED) is 0.382. The van der Waals surface area contributed by atoms with E-state index in [9.17, 15) is 13.2 Å². The third-order valence-electron chi connectivity index (χ3n) is 5.22. The predicted molar refractivity (Wildman–Crippen MR) is 123 cm³/mol. The van der Waals surface area contributed by atoms with E-state index in [1.165, 1.54) is 0 Å². The highest BCUT2D eigenvalue weighted by atomic mass is 35.5. The molecule has 0 saturated heterocycles. The Morgan fingerprint density at radius 3 is 2.38 bits per heavy atom. The van der Waals surface area contributed by atoms with Crippen molar-refractivity contribution in [3.63, 3.8) is 0 Å². The zero-order valence-electron chi connectivity index (χ0n) is 17.1. The van der Waals surface area contributed by atoms with Crippen molar-refractivity contribution in [3.8, 4) is 0 Å². The molecule has 1 aliphatic rings. The van der Waals surface area contributed by atoms with Crippen LogP contribution in [0.25, 0.3) is 0 Å². The second-order valence-corrected chi connectivity index (χ2v) is 9.96. The highest BCUT2D eigenvalue weighted by Gasteiger charge is 2.46. The first-order valence-electron chi connectivity index (χ1n) is 9.83. The highest BCUT2D eigenvalue weighted by Crippen LogP contribution is 2.41. The number of ether oxygens (including phenoxy) is 1. The van der Waals surface area contributed by atoms with Crippen molar-refractivity contribution in [2.24, 2.45) is 0 Å². The lowest BCUT2D eigenvalue weighted by molar-refractivity contribution is -0.00437. The molecule has 4 rings (SSSR count). The number of nitrogens with one attached hydrogen (secondary N) is 2. The van der Waals surface area contributed by atoms with Crippen LogP contribution in [0, 0.1) is 6.92 Å². The Balaban J connectivity index is 1.58. The van der Waals surface area contributed by atoms with Crippen LogP contribution in [0.2, 0.25) is 10.0 Å². The molecule has 0 aromatic heterocycles. The largest absolute Gasteiger partial charge is 0.431 e. The number of fused-ring (bicyclic) bond motifs is 1. The Kier molecular flexibility index (Phi) is 6.29. The van der Waals surface area contributed by atoms with Gasteiger partial charge in [0.2, 0.25) is 15.7 Å². The summed E-state index contributed by atoms with van der Waals surface area (Å²) in [4.78, 5) is 12.8. The number of hydrogen-bond donors (Lipinski definition) is 2. The first-order valence-corrected chi connectivity index (χ1v) is 12.1. The van der Waals surface area contributed by atoms with Crippen LogP contribution in [-0.4, -0.2) is 27.5 Å². The van der Waals surface area contributed by atoms with Crippen LogP contribution in [-0.2, 0) is 20.5 Å². The standard InChI is InChI=1S/C23H20Cl2N2O4S/c1-15-6-9-17(10-7-15)32(29,30)27-13-12-26-23(16-8-11-20(24)21(25)14-16)19-5-3-2-4-18(19)22(28)31-23/h2-11,14,26-27H,12-13H2,1H3. The van der Waals surface area contributed by atoms with Crippen LogP contribution < -0.4 is 10.0 Å². The summed E-state index contributed by atoms with van der Waals surface area (Å²) in [6, 6.07) is 18.6. The van der Waals surface area contributed by atoms with Gasteiger partial charge < -0.3 is 4.74 Å². The Morgan fingerprint density at radius 1 is 0.938 bits per heavy atom. The molecule has 0 spiro atoms. The summed E-state index contributed by atoms with van der Waals surface area (Å²) in [5.74, 6) is -0.487.